The van der Waals surface area contributed by atoms with E-state index in [0.29, 0.717) is 36.8 Å². The molecule has 1 aromatic carbocycles. The maximum atomic E-state index is 12.2. The van der Waals surface area contributed by atoms with Crippen molar-refractivity contribution in [3.63, 3.8) is 0 Å². The minimum absolute atomic E-state index is 0.0233. The van der Waals surface area contributed by atoms with Gasteiger partial charge in [-0.15, -0.1) is 0 Å². The van der Waals surface area contributed by atoms with Gasteiger partial charge in [-0.25, -0.2) is 0 Å². The van der Waals surface area contributed by atoms with Crippen LogP contribution in [0.5, 0.6) is 0 Å². The highest BCUT2D eigenvalue weighted by Gasteiger charge is 2.39. The molecule has 1 aliphatic heterocycles. The maximum Gasteiger partial charge on any atom is 0.251 e. The van der Waals surface area contributed by atoms with Gasteiger partial charge < -0.3 is 21.1 Å². The Morgan fingerprint density at radius 3 is 2.78 bits per heavy atom. The van der Waals surface area contributed by atoms with Gasteiger partial charge in [0.05, 0.1) is 6.10 Å². The van der Waals surface area contributed by atoms with Gasteiger partial charge in [-0.1, -0.05) is 13.0 Å². The van der Waals surface area contributed by atoms with Crippen LogP contribution in [0.4, 0.5) is 5.69 Å². The van der Waals surface area contributed by atoms with E-state index < -0.39 is 6.10 Å². The van der Waals surface area contributed by atoms with Gasteiger partial charge in [0, 0.05) is 42.7 Å². The first-order valence-corrected chi connectivity index (χ1v) is 8.12. The number of carbonyl (C=O) groups excluding carboxylic acids is 2. The normalized spacial score (nSPS) is 29.1. The van der Waals surface area contributed by atoms with Crippen molar-refractivity contribution in [1.29, 1.82) is 0 Å². The van der Waals surface area contributed by atoms with Crippen LogP contribution in [0.3, 0.4) is 0 Å². The molecule has 1 aromatic rings. The molecule has 1 saturated carbocycles. The highest BCUT2D eigenvalue weighted by molar-refractivity contribution is 5.98. The van der Waals surface area contributed by atoms with Gasteiger partial charge in [0.15, 0.2) is 0 Å². The fraction of sp³-hybridized carbons (Fsp3) is 0.529. The van der Waals surface area contributed by atoms with Crippen molar-refractivity contribution < 1.29 is 14.7 Å². The third kappa shape index (κ3) is 3.89. The monoisotopic (exact) mass is 317 g/mol. The van der Waals surface area contributed by atoms with Gasteiger partial charge in [-0.3, -0.25) is 9.59 Å². The zero-order valence-electron chi connectivity index (χ0n) is 13.2. The van der Waals surface area contributed by atoms with Crippen molar-refractivity contribution in [3.8, 4) is 0 Å². The van der Waals surface area contributed by atoms with E-state index in [2.05, 4.69) is 22.9 Å². The summed E-state index contributed by atoms with van der Waals surface area (Å²) in [5, 5.41) is 18.5. The van der Waals surface area contributed by atoms with Gasteiger partial charge in [-0.05, 0) is 30.5 Å². The molecule has 0 bridgehead atoms. The molecule has 4 unspecified atom stereocenters. The molecule has 2 aliphatic rings. The van der Waals surface area contributed by atoms with Gasteiger partial charge in [0.1, 0.15) is 0 Å². The summed E-state index contributed by atoms with van der Waals surface area (Å²) in [4.78, 5) is 24.2. The van der Waals surface area contributed by atoms with E-state index in [1.165, 1.54) is 0 Å². The van der Waals surface area contributed by atoms with E-state index in [9.17, 15) is 14.7 Å². The SMILES string of the molecule is CC1CC1C(=O)Nc1cccc(C(=O)NCC2CNCC2O)c1. The van der Waals surface area contributed by atoms with Gasteiger partial charge >= 0.3 is 0 Å². The molecular formula is C17H23N3O3. The quantitative estimate of drug-likeness (QED) is 0.640. The Labute approximate surface area is 135 Å². The number of amides is 2. The molecule has 1 aliphatic carbocycles. The van der Waals surface area contributed by atoms with E-state index in [0.717, 1.165) is 6.42 Å². The largest absolute Gasteiger partial charge is 0.391 e. The number of carbonyl (C=O) groups is 2. The molecule has 6 heteroatoms. The predicted octanol–water partition coefficient (Wildman–Crippen LogP) is 0.591. The van der Waals surface area contributed by atoms with Crippen LogP contribution in [0.1, 0.15) is 23.7 Å². The summed E-state index contributed by atoms with van der Waals surface area (Å²) < 4.78 is 0. The second-order valence-corrected chi connectivity index (χ2v) is 6.59. The van der Waals surface area contributed by atoms with Crippen LogP contribution in [0.15, 0.2) is 24.3 Å². The molecule has 2 fully saturated rings. The second kappa shape index (κ2) is 6.68. The lowest BCUT2D eigenvalue weighted by Gasteiger charge is -2.14. The Balaban J connectivity index is 1.55. The molecule has 0 aromatic heterocycles. The number of rotatable bonds is 5. The Kier molecular flexibility index (Phi) is 4.63. The zero-order valence-corrected chi connectivity index (χ0v) is 13.2. The standard InChI is InChI=1S/C17H23N3O3/c1-10-5-14(10)17(23)20-13-4-2-3-11(6-13)16(22)19-8-12-7-18-9-15(12)21/h2-4,6,10,12,14-15,18,21H,5,7-9H2,1H3,(H,19,22)(H,20,23). The summed E-state index contributed by atoms with van der Waals surface area (Å²) >= 11 is 0. The first-order chi connectivity index (χ1) is 11.0. The first-order valence-electron chi connectivity index (χ1n) is 8.12. The van der Waals surface area contributed by atoms with E-state index in [4.69, 9.17) is 0 Å². The molecular weight excluding hydrogens is 294 g/mol. The third-order valence-electron chi connectivity index (χ3n) is 4.67. The fourth-order valence-corrected chi connectivity index (χ4v) is 2.91. The predicted molar refractivity (Wildman–Crippen MR) is 87.0 cm³/mol. The number of hydrogen-bond donors (Lipinski definition) is 4. The van der Waals surface area contributed by atoms with E-state index >= 15 is 0 Å². The number of aliphatic hydroxyl groups is 1. The molecule has 2 amide bonds. The van der Waals surface area contributed by atoms with Crippen molar-refractivity contribution in [1.82, 2.24) is 10.6 Å². The van der Waals surface area contributed by atoms with Crippen molar-refractivity contribution in [2.75, 3.05) is 25.0 Å². The van der Waals surface area contributed by atoms with Crippen LogP contribution in [0, 0.1) is 17.8 Å². The lowest BCUT2D eigenvalue weighted by Crippen LogP contribution is -2.34. The zero-order chi connectivity index (χ0) is 16.4. The topological polar surface area (TPSA) is 90.5 Å². The average Bonchev–Trinajstić information content (AvgIpc) is 3.13. The molecule has 1 saturated heterocycles. The number of nitrogens with one attached hydrogen (secondary N) is 3. The molecule has 3 rings (SSSR count). The number of β-amino-alcohol motifs (C(OH)–C–C–N with tert-alkyl or cyclic N) is 1. The summed E-state index contributed by atoms with van der Waals surface area (Å²) in [6, 6.07) is 6.94. The summed E-state index contributed by atoms with van der Waals surface area (Å²) in [7, 11) is 0. The summed E-state index contributed by atoms with van der Waals surface area (Å²) in [6.07, 6.45) is 0.519. The van der Waals surface area contributed by atoms with Crippen LogP contribution < -0.4 is 16.0 Å². The third-order valence-corrected chi connectivity index (χ3v) is 4.67. The smallest absolute Gasteiger partial charge is 0.251 e. The highest BCUT2D eigenvalue weighted by Crippen LogP contribution is 2.38. The van der Waals surface area contributed by atoms with Gasteiger partial charge in [0.2, 0.25) is 5.91 Å². The maximum absolute atomic E-state index is 12.2. The molecule has 4 atom stereocenters. The molecule has 1 heterocycles. The van der Waals surface area contributed by atoms with Crippen molar-refractivity contribution in [2.45, 2.75) is 19.4 Å². The summed E-state index contributed by atoms with van der Waals surface area (Å²) in [6.45, 7) is 3.77. The van der Waals surface area contributed by atoms with Crippen LogP contribution in [0.2, 0.25) is 0 Å². The Bertz CT molecular complexity index is 605. The number of aliphatic hydroxyl groups excluding tert-OH is 1. The van der Waals surface area contributed by atoms with Gasteiger partial charge in [0.25, 0.3) is 5.91 Å². The lowest BCUT2D eigenvalue weighted by molar-refractivity contribution is -0.117. The summed E-state index contributed by atoms with van der Waals surface area (Å²) in [5.41, 5.74) is 1.15. The number of anilines is 1. The van der Waals surface area contributed by atoms with Crippen LogP contribution in [-0.2, 0) is 4.79 Å². The van der Waals surface area contributed by atoms with Crippen molar-refractivity contribution in [2.24, 2.45) is 17.8 Å². The Hall–Kier alpha value is -1.92. The summed E-state index contributed by atoms with van der Waals surface area (Å²) in [5.74, 6) is 0.421. The van der Waals surface area contributed by atoms with E-state index in [1.54, 1.807) is 24.3 Å². The molecule has 6 nitrogen and oxygen atoms in total. The number of benzene rings is 1. The lowest BCUT2D eigenvalue weighted by atomic mass is 10.1. The molecule has 4 N–H and O–H groups in total. The molecule has 0 spiro atoms. The molecule has 23 heavy (non-hydrogen) atoms. The van der Waals surface area contributed by atoms with Crippen molar-refractivity contribution >= 4 is 17.5 Å². The van der Waals surface area contributed by atoms with E-state index in [1.807, 2.05) is 0 Å². The van der Waals surface area contributed by atoms with E-state index in [-0.39, 0.29) is 23.7 Å². The fourth-order valence-electron chi connectivity index (χ4n) is 2.91. The van der Waals surface area contributed by atoms with Crippen LogP contribution in [0.25, 0.3) is 0 Å². The van der Waals surface area contributed by atoms with Crippen LogP contribution in [-0.4, -0.2) is 42.7 Å². The Morgan fingerprint density at radius 1 is 1.35 bits per heavy atom. The molecule has 124 valence electrons. The minimum atomic E-state index is -0.415. The highest BCUT2D eigenvalue weighted by atomic mass is 16.3. The second-order valence-electron chi connectivity index (χ2n) is 6.59. The first kappa shape index (κ1) is 16.0. The minimum Gasteiger partial charge on any atom is -0.391 e. The van der Waals surface area contributed by atoms with Crippen molar-refractivity contribution in [3.05, 3.63) is 29.8 Å². The average molecular weight is 317 g/mol. The molecule has 0 radical (unpaired) electrons. The number of hydrogen-bond acceptors (Lipinski definition) is 4. The van der Waals surface area contributed by atoms with Gasteiger partial charge in [-0.2, -0.15) is 0 Å². The van der Waals surface area contributed by atoms with Crippen LogP contribution >= 0.6 is 0 Å². The Morgan fingerprint density at radius 2 is 2.13 bits per heavy atom.